The number of alkyl halides is 3. The molecule has 2 N–H and O–H groups in total. The normalized spacial score (nSPS) is 11.4. The molecule has 78 valence electrons. The molecule has 0 aliphatic heterocycles. The largest absolute Gasteiger partial charge is 0.482 e. The Morgan fingerprint density at radius 2 is 2.07 bits per heavy atom. The van der Waals surface area contributed by atoms with Gasteiger partial charge in [0.15, 0.2) is 6.61 Å². The Hall–Kier alpha value is -1.30. The molecule has 14 heavy (non-hydrogen) atoms. The van der Waals surface area contributed by atoms with E-state index in [9.17, 15) is 13.2 Å². The summed E-state index contributed by atoms with van der Waals surface area (Å²) in [6.07, 6.45) is -1.65. The number of hydrogen-bond donors (Lipinski definition) is 1. The zero-order valence-electron chi connectivity index (χ0n) is 7.21. The van der Waals surface area contributed by atoms with Gasteiger partial charge in [0.2, 0.25) is 0 Å². The topological polar surface area (TPSA) is 48.1 Å². The molecule has 3 nitrogen and oxygen atoms in total. The summed E-state index contributed by atoms with van der Waals surface area (Å²) in [6.45, 7) is -1.10. The third-order valence-electron chi connectivity index (χ3n) is 1.41. The fourth-order valence-electron chi connectivity index (χ4n) is 0.819. The fourth-order valence-corrected chi connectivity index (χ4v) is 0.819. The Labute approximate surface area is 78.7 Å². The fraction of sp³-hybridized carbons (Fsp3) is 0.375. The molecule has 0 atom stereocenters. The standard InChI is InChI=1S/C8H9F3N2O/c9-8(10,11)5-14-7-1-6(2-12)3-13-4-7/h1,3-4H,2,5,12H2. The Morgan fingerprint density at radius 1 is 1.36 bits per heavy atom. The second-order valence-corrected chi connectivity index (χ2v) is 2.64. The van der Waals surface area contributed by atoms with Crippen LogP contribution in [0.5, 0.6) is 5.75 Å². The highest BCUT2D eigenvalue weighted by atomic mass is 19.4. The Morgan fingerprint density at radius 3 is 2.64 bits per heavy atom. The summed E-state index contributed by atoms with van der Waals surface area (Å²) in [6, 6.07) is 1.43. The molecule has 0 aliphatic rings. The Balaban J connectivity index is 2.59. The Kier molecular flexibility index (Phi) is 3.29. The zero-order chi connectivity index (χ0) is 10.6. The Bertz CT molecular complexity index is 301. The summed E-state index contributed by atoms with van der Waals surface area (Å²) >= 11 is 0. The van der Waals surface area contributed by atoms with Crippen LogP contribution in [-0.2, 0) is 6.54 Å². The highest BCUT2D eigenvalue weighted by Crippen LogP contribution is 2.18. The van der Waals surface area contributed by atoms with Crippen molar-refractivity contribution in [2.24, 2.45) is 5.73 Å². The van der Waals surface area contributed by atoms with Gasteiger partial charge in [0.1, 0.15) is 5.75 Å². The summed E-state index contributed by atoms with van der Waals surface area (Å²) in [7, 11) is 0. The number of rotatable bonds is 3. The van der Waals surface area contributed by atoms with Crippen molar-refractivity contribution < 1.29 is 17.9 Å². The van der Waals surface area contributed by atoms with Crippen LogP contribution in [0, 0.1) is 0 Å². The van der Waals surface area contributed by atoms with Crippen molar-refractivity contribution in [1.82, 2.24) is 4.98 Å². The van der Waals surface area contributed by atoms with Crippen LogP contribution in [-0.4, -0.2) is 17.8 Å². The van der Waals surface area contributed by atoms with Gasteiger partial charge in [-0.25, -0.2) is 0 Å². The van der Waals surface area contributed by atoms with Crippen LogP contribution >= 0.6 is 0 Å². The first kappa shape index (κ1) is 10.8. The van der Waals surface area contributed by atoms with E-state index in [0.717, 1.165) is 0 Å². The van der Waals surface area contributed by atoms with E-state index in [1.807, 2.05) is 0 Å². The van der Waals surface area contributed by atoms with Crippen LogP contribution in [0.15, 0.2) is 18.5 Å². The van der Waals surface area contributed by atoms with Gasteiger partial charge in [0.05, 0.1) is 6.20 Å². The number of ether oxygens (including phenoxy) is 1. The van der Waals surface area contributed by atoms with E-state index in [2.05, 4.69) is 9.72 Å². The lowest BCUT2D eigenvalue weighted by Gasteiger charge is -2.09. The summed E-state index contributed by atoms with van der Waals surface area (Å²) in [5, 5.41) is 0. The molecule has 0 fully saturated rings. The lowest BCUT2D eigenvalue weighted by molar-refractivity contribution is -0.153. The lowest BCUT2D eigenvalue weighted by Crippen LogP contribution is -2.19. The highest BCUT2D eigenvalue weighted by molar-refractivity contribution is 5.23. The third-order valence-corrected chi connectivity index (χ3v) is 1.41. The second kappa shape index (κ2) is 4.28. The molecule has 1 aromatic heterocycles. The minimum absolute atomic E-state index is 0.0743. The summed E-state index contributed by atoms with van der Waals surface area (Å²) in [5.74, 6) is 0.0743. The average Bonchev–Trinajstić information content (AvgIpc) is 2.14. The van der Waals surface area contributed by atoms with Gasteiger partial charge < -0.3 is 10.5 Å². The predicted octanol–water partition coefficient (Wildman–Crippen LogP) is 1.48. The molecule has 1 rings (SSSR count). The molecule has 0 aliphatic carbocycles. The van der Waals surface area contributed by atoms with Gasteiger partial charge in [-0.05, 0) is 11.6 Å². The van der Waals surface area contributed by atoms with Crippen molar-refractivity contribution >= 4 is 0 Å². The van der Waals surface area contributed by atoms with Crippen LogP contribution in [0.1, 0.15) is 5.56 Å². The molecule has 0 saturated heterocycles. The van der Waals surface area contributed by atoms with Crippen LogP contribution < -0.4 is 10.5 Å². The molecule has 0 amide bonds. The number of aromatic nitrogens is 1. The molecule has 1 aromatic rings. The highest BCUT2D eigenvalue weighted by Gasteiger charge is 2.28. The van der Waals surface area contributed by atoms with Crippen LogP contribution in [0.2, 0.25) is 0 Å². The summed E-state index contributed by atoms with van der Waals surface area (Å²) in [5.41, 5.74) is 5.91. The SMILES string of the molecule is NCc1cncc(OCC(F)(F)F)c1. The van der Waals surface area contributed by atoms with E-state index in [0.29, 0.717) is 5.56 Å². The molecule has 0 saturated carbocycles. The van der Waals surface area contributed by atoms with E-state index in [1.165, 1.54) is 18.5 Å². The maximum Gasteiger partial charge on any atom is 0.422 e. The van der Waals surface area contributed by atoms with Crippen molar-refractivity contribution in [3.05, 3.63) is 24.0 Å². The first-order valence-corrected chi connectivity index (χ1v) is 3.85. The first-order valence-electron chi connectivity index (χ1n) is 3.85. The van der Waals surface area contributed by atoms with E-state index in [1.54, 1.807) is 0 Å². The third kappa shape index (κ3) is 3.61. The molecule has 0 unspecified atom stereocenters. The van der Waals surface area contributed by atoms with Gasteiger partial charge in [0.25, 0.3) is 0 Å². The molecule has 6 heteroatoms. The van der Waals surface area contributed by atoms with Gasteiger partial charge in [-0.1, -0.05) is 0 Å². The van der Waals surface area contributed by atoms with E-state index in [-0.39, 0.29) is 12.3 Å². The van der Waals surface area contributed by atoms with E-state index >= 15 is 0 Å². The minimum Gasteiger partial charge on any atom is -0.482 e. The number of hydrogen-bond acceptors (Lipinski definition) is 3. The maximum absolute atomic E-state index is 11.8. The number of halogens is 3. The molecule has 0 bridgehead atoms. The molecule has 1 heterocycles. The van der Waals surface area contributed by atoms with Gasteiger partial charge in [0, 0.05) is 12.7 Å². The van der Waals surface area contributed by atoms with Crippen molar-refractivity contribution in [1.29, 1.82) is 0 Å². The summed E-state index contributed by atoms with van der Waals surface area (Å²) < 4.78 is 39.7. The van der Waals surface area contributed by atoms with Gasteiger partial charge in [-0.15, -0.1) is 0 Å². The second-order valence-electron chi connectivity index (χ2n) is 2.64. The van der Waals surface area contributed by atoms with Crippen LogP contribution in [0.25, 0.3) is 0 Å². The molecule has 0 radical (unpaired) electrons. The smallest absolute Gasteiger partial charge is 0.422 e. The summed E-state index contributed by atoms with van der Waals surface area (Å²) in [4.78, 5) is 3.68. The van der Waals surface area contributed by atoms with Gasteiger partial charge >= 0.3 is 6.18 Å². The average molecular weight is 206 g/mol. The lowest BCUT2D eigenvalue weighted by atomic mass is 10.3. The zero-order valence-corrected chi connectivity index (χ0v) is 7.21. The van der Waals surface area contributed by atoms with Gasteiger partial charge in [-0.2, -0.15) is 13.2 Å². The number of nitrogens with two attached hydrogens (primary N) is 1. The monoisotopic (exact) mass is 206 g/mol. The first-order chi connectivity index (χ1) is 6.51. The maximum atomic E-state index is 11.8. The van der Waals surface area contributed by atoms with Crippen molar-refractivity contribution in [3.63, 3.8) is 0 Å². The van der Waals surface area contributed by atoms with Crippen LogP contribution in [0.4, 0.5) is 13.2 Å². The van der Waals surface area contributed by atoms with Gasteiger partial charge in [-0.3, -0.25) is 4.98 Å². The molecule has 0 spiro atoms. The number of pyridine rings is 1. The minimum atomic E-state index is -4.33. The van der Waals surface area contributed by atoms with Crippen LogP contribution in [0.3, 0.4) is 0 Å². The quantitative estimate of drug-likeness (QED) is 0.814. The number of nitrogens with zero attached hydrogens (tertiary/aromatic N) is 1. The van der Waals surface area contributed by atoms with Crippen molar-refractivity contribution in [3.8, 4) is 5.75 Å². The molecular weight excluding hydrogens is 197 g/mol. The van der Waals surface area contributed by atoms with E-state index < -0.39 is 12.8 Å². The van der Waals surface area contributed by atoms with Crippen molar-refractivity contribution in [2.75, 3.05) is 6.61 Å². The van der Waals surface area contributed by atoms with Crippen molar-refractivity contribution in [2.45, 2.75) is 12.7 Å². The predicted molar refractivity (Wildman–Crippen MR) is 43.7 cm³/mol. The molecular formula is C8H9F3N2O. The molecule has 0 aromatic carbocycles. The van der Waals surface area contributed by atoms with E-state index in [4.69, 9.17) is 5.73 Å².